The number of hydrogen-bond acceptors (Lipinski definition) is 4. The van der Waals surface area contributed by atoms with Crippen LogP contribution >= 0.6 is 0 Å². The number of methoxy groups -OCH3 is 2. The van der Waals surface area contributed by atoms with Gasteiger partial charge in [-0.1, -0.05) is 5.57 Å². The predicted molar refractivity (Wildman–Crippen MR) is 69.9 cm³/mol. The van der Waals surface area contributed by atoms with E-state index in [1.807, 2.05) is 19.9 Å². The average Bonchev–Trinajstić information content (AvgIpc) is 2.37. The Balaban J connectivity index is 3.06. The Morgan fingerprint density at radius 2 is 1.72 bits per heavy atom. The molecule has 4 heteroatoms. The van der Waals surface area contributed by atoms with Crippen LogP contribution in [0.4, 0.5) is 0 Å². The number of hydrogen-bond donors (Lipinski definition) is 0. The highest BCUT2D eigenvalue weighted by molar-refractivity contribution is 5.78. The molecule has 0 aliphatic heterocycles. The van der Waals surface area contributed by atoms with Crippen molar-refractivity contribution in [3.8, 4) is 17.2 Å². The van der Waals surface area contributed by atoms with Crippen molar-refractivity contribution in [2.75, 3.05) is 20.8 Å². The summed E-state index contributed by atoms with van der Waals surface area (Å²) in [5.41, 5.74) is 1.65. The highest BCUT2D eigenvalue weighted by Gasteiger charge is 2.13. The molecule has 0 spiro atoms. The summed E-state index contributed by atoms with van der Waals surface area (Å²) in [6.45, 7) is 4.41. The second kappa shape index (κ2) is 6.69. The molecular weight excluding hydrogens is 232 g/mol. The summed E-state index contributed by atoms with van der Waals surface area (Å²) in [5, 5.41) is 0. The lowest BCUT2D eigenvalue weighted by molar-refractivity contribution is 0.112. The molecule has 0 saturated carbocycles. The van der Waals surface area contributed by atoms with Crippen molar-refractivity contribution in [3.05, 3.63) is 29.3 Å². The third-order valence-electron chi connectivity index (χ3n) is 2.34. The average molecular weight is 250 g/mol. The van der Waals surface area contributed by atoms with Gasteiger partial charge in [0.1, 0.15) is 12.9 Å². The fourth-order valence-electron chi connectivity index (χ4n) is 1.40. The smallest absolute Gasteiger partial charge is 0.203 e. The zero-order valence-electron chi connectivity index (χ0n) is 11.1. The van der Waals surface area contributed by atoms with Crippen LogP contribution in [0.15, 0.2) is 23.8 Å². The van der Waals surface area contributed by atoms with E-state index in [0.717, 1.165) is 11.9 Å². The zero-order chi connectivity index (χ0) is 13.5. The highest BCUT2D eigenvalue weighted by atomic mass is 16.5. The van der Waals surface area contributed by atoms with E-state index < -0.39 is 0 Å². The molecule has 98 valence electrons. The summed E-state index contributed by atoms with van der Waals surface area (Å²) in [7, 11) is 3.05. The minimum atomic E-state index is 0.426. The van der Waals surface area contributed by atoms with Gasteiger partial charge < -0.3 is 14.2 Å². The first-order valence-electron chi connectivity index (χ1n) is 5.59. The van der Waals surface area contributed by atoms with Crippen molar-refractivity contribution in [1.82, 2.24) is 0 Å². The SMILES string of the molecule is COc1cc(C=O)cc(OC)c1OCC=C(C)C. The van der Waals surface area contributed by atoms with Crippen LogP contribution < -0.4 is 14.2 Å². The summed E-state index contributed by atoms with van der Waals surface area (Å²) in [6, 6.07) is 3.24. The molecule has 1 aromatic rings. The molecule has 0 aliphatic carbocycles. The maximum atomic E-state index is 10.8. The Kier molecular flexibility index (Phi) is 5.24. The number of benzene rings is 1. The second-order valence-electron chi connectivity index (χ2n) is 3.96. The first kappa shape index (κ1) is 14.1. The van der Waals surface area contributed by atoms with Crippen molar-refractivity contribution < 1.29 is 19.0 Å². The number of aldehydes is 1. The van der Waals surface area contributed by atoms with E-state index in [-0.39, 0.29) is 0 Å². The van der Waals surface area contributed by atoms with Gasteiger partial charge in [-0.3, -0.25) is 4.79 Å². The monoisotopic (exact) mass is 250 g/mol. The molecular formula is C14H18O4. The number of ether oxygens (including phenoxy) is 3. The summed E-state index contributed by atoms with van der Waals surface area (Å²) < 4.78 is 16.0. The molecule has 1 aromatic carbocycles. The maximum Gasteiger partial charge on any atom is 0.203 e. The Morgan fingerprint density at radius 1 is 1.17 bits per heavy atom. The van der Waals surface area contributed by atoms with Crippen molar-refractivity contribution >= 4 is 6.29 Å². The van der Waals surface area contributed by atoms with Crippen LogP contribution in [0.1, 0.15) is 24.2 Å². The maximum absolute atomic E-state index is 10.8. The van der Waals surface area contributed by atoms with Crippen molar-refractivity contribution in [3.63, 3.8) is 0 Å². The summed E-state index contributed by atoms with van der Waals surface area (Å²) in [6.07, 6.45) is 2.69. The van der Waals surface area contributed by atoms with Crippen molar-refractivity contribution in [1.29, 1.82) is 0 Å². The highest BCUT2D eigenvalue weighted by Crippen LogP contribution is 2.38. The van der Waals surface area contributed by atoms with E-state index >= 15 is 0 Å². The molecule has 0 atom stereocenters. The van der Waals surface area contributed by atoms with Gasteiger partial charge in [0.2, 0.25) is 5.75 Å². The van der Waals surface area contributed by atoms with E-state index in [1.165, 1.54) is 14.2 Å². The molecule has 0 bridgehead atoms. The topological polar surface area (TPSA) is 44.8 Å². The Morgan fingerprint density at radius 3 is 2.11 bits per heavy atom. The van der Waals surface area contributed by atoms with Crippen LogP contribution in [0.2, 0.25) is 0 Å². The standard InChI is InChI=1S/C14H18O4/c1-10(2)5-6-18-14-12(16-3)7-11(9-15)8-13(14)17-4/h5,7-9H,6H2,1-4H3. The number of carbonyl (C=O) groups is 1. The lowest BCUT2D eigenvalue weighted by atomic mass is 10.2. The number of carbonyl (C=O) groups excluding carboxylic acids is 1. The fraction of sp³-hybridized carbons (Fsp3) is 0.357. The van der Waals surface area contributed by atoms with Crippen LogP contribution in [0.5, 0.6) is 17.2 Å². The van der Waals surface area contributed by atoms with Gasteiger partial charge in [-0.15, -0.1) is 0 Å². The van der Waals surface area contributed by atoms with Crippen LogP contribution in [-0.4, -0.2) is 27.1 Å². The van der Waals surface area contributed by atoms with Gasteiger partial charge in [0, 0.05) is 5.56 Å². The first-order chi connectivity index (χ1) is 8.62. The van der Waals surface area contributed by atoms with Gasteiger partial charge in [-0.25, -0.2) is 0 Å². The zero-order valence-corrected chi connectivity index (χ0v) is 11.1. The number of allylic oxidation sites excluding steroid dienone is 1. The minimum absolute atomic E-state index is 0.426. The molecule has 4 nitrogen and oxygen atoms in total. The quantitative estimate of drug-likeness (QED) is 0.575. The molecule has 0 N–H and O–H groups in total. The number of rotatable bonds is 6. The molecule has 0 radical (unpaired) electrons. The Hall–Kier alpha value is -1.97. The molecule has 0 heterocycles. The largest absolute Gasteiger partial charge is 0.493 e. The van der Waals surface area contributed by atoms with Crippen LogP contribution in [-0.2, 0) is 0 Å². The summed E-state index contributed by atoms with van der Waals surface area (Å²) in [4.78, 5) is 10.8. The summed E-state index contributed by atoms with van der Waals surface area (Å²) >= 11 is 0. The van der Waals surface area contributed by atoms with Gasteiger partial charge >= 0.3 is 0 Å². The normalized spacial score (nSPS) is 9.56. The molecule has 0 saturated heterocycles. The lowest BCUT2D eigenvalue weighted by Crippen LogP contribution is -2.01. The lowest BCUT2D eigenvalue weighted by Gasteiger charge is -2.14. The van der Waals surface area contributed by atoms with E-state index in [2.05, 4.69) is 0 Å². The molecule has 18 heavy (non-hydrogen) atoms. The minimum Gasteiger partial charge on any atom is -0.493 e. The first-order valence-corrected chi connectivity index (χ1v) is 5.59. The molecule has 0 aromatic heterocycles. The molecule has 0 aliphatic rings. The van der Waals surface area contributed by atoms with Crippen LogP contribution in [0, 0.1) is 0 Å². The Bertz CT molecular complexity index is 420. The van der Waals surface area contributed by atoms with E-state index in [1.54, 1.807) is 12.1 Å². The van der Waals surface area contributed by atoms with E-state index in [9.17, 15) is 4.79 Å². The third-order valence-corrected chi connectivity index (χ3v) is 2.34. The van der Waals surface area contributed by atoms with Gasteiger partial charge in [-0.2, -0.15) is 0 Å². The van der Waals surface area contributed by atoms with Crippen LogP contribution in [0.3, 0.4) is 0 Å². The van der Waals surface area contributed by atoms with Gasteiger partial charge in [0.15, 0.2) is 11.5 Å². The molecule has 0 fully saturated rings. The van der Waals surface area contributed by atoms with Gasteiger partial charge in [0.05, 0.1) is 14.2 Å². The summed E-state index contributed by atoms with van der Waals surface area (Å²) in [5.74, 6) is 1.47. The molecule has 0 amide bonds. The van der Waals surface area contributed by atoms with Crippen molar-refractivity contribution in [2.45, 2.75) is 13.8 Å². The van der Waals surface area contributed by atoms with Crippen molar-refractivity contribution in [2.24, 2.45) is 0 Å². The van der Waals surface area contributed by atoms with Crippen LogP contribution in [0.25, 0.3) is 0 Å². The fourth-order valence-corrected chi connectivity index (χ4v) is 1.40. The van der Waals surface area contributed by atoms with E-state index in [0.29, 0.717) is 29.4 Å². The third kappa shape index (κ3) is 3.52. The Labute approximate surface area is 107 Å². The second-order valence-corrected chi connectivity index (χ2v) is 3.96. The molecule has 1 rings (SSSR count). The predicted octanol–water partition coefficient (Wildman–Crippen LogP) is 2.86. The van der Waals surface area contributed by atoms with E-state index in [4.69, 9.17) is 14.2 Å². The van der Waals surface area contributed by atoms with Gasteiger partial charge in [0.25, 0.3) is 0 Å². The molecule has 0 unspecified atom stereocenters. The van der Waals surface area contributed by atoms with Gasteiger partial charge in [-0.05, 0) is 32.1 Å².